The van der Waals surface area contributed by atoms with Gasteiger partial charge in [0.2, 0.25) is 0 Å². The van der Waals surface area contributed by atoms with E-state index in [-0.39, 0.29) is 11.5 Å². The highest BCUT2D eigenvalue weighted by Gasteiger charge is 2.09. The third-order valence-corrected chi connectivity index (χ3v) is 2.19. The predicted molar refractivity (Wildman–Crippen MR) is 71.9 cm³/mol. The Hall–Kier alpha value is -2.50. The summed E-state index contributed by atoms with van der Waals surface area (Å²) < 4.78 is 10.4. The Kier molecular flexibility index (Phi) is 4.74. The molecule has 6 nitrogen and oxygen atoms in total. The summed E-state index contributed by atoms with van der Waals surface area (Å²) in [6.45, 7) is 0. The van der Waals surface area contributed by atoms with Crippen LogP contribution in [-0.2, 0) is 0 Å². The van der Waals surface area contributed by atoms with E-state index in [2.05, 4.69) is 4.99 Å². The van der Waals surface area contributed by atoms with Crippen LogP contribution in [0, 0.1) is 5.41 Å². The molecular weight excluding hydrogens is 232 g/mol. The largest absolute Gasteiger partial charge is 0.494 e. The second-order valence-electron chi connectivity index (χ2n) is 3.30. The summed E-state index contributed by atoms with van der Waals surface area (Å²) in [6.07, 6.45) is 2.39. The van der Waals surface area contributed by atoms with Gasteiger partial charge >= 0.3 is 0 Å². The third kappa shape index (κ3) is 3.00. The quantitative estimate of drug-likeness (QED) is 0.537. The number of para-hydroxylation sites is 1. The molecule has 0 saturated heterocycles. The lowest BCUT2D eigenvalue weighted by molar-refractivity contribution is 0.397. The molecule has 0 atom stereocenters. The fraction of sp³-hybridized carbons (Fsp3) is 0.167. The van der Waals surface area contributed by atoms with E-state index < -0.39 is 0 Å². The summed E-state index contributed by atoms with van der Waals surface area (Å²) in [5.41, 5.74) is 12.0. The summed E-state index contributed by atoms with van der Waals surface area (Å²) in [4.78, 5) is 4.17. The van der Waals surface area contributed by atoms with Crippen molar-refractivity contribution < 1.29 is 9.47 Å². The first-order valence-corrected chi connectivity index (χ1v) is 5.15. The Morgan fingerprint density at radius 2 is 1.78 bits per heavy atom. The zero-order chi connectivity index (χ0) is 13.5. The maximum Gasteiger partial charge on any atom is 0.149 e. The monoisotopic (exact) mass is 248 g/mol. The van der Waals surface area contributed by atoms with Gasteiger partial charge in [-0.15, -0.1) is 0 Å². The van der Waals surface area contributed by atoms with Crippen molar-refractivity contribution in [3.63, 3.8) is 0 Å². The number of amidine groups is 1. The van der Waals surface area contributed by atoms with E-state index in [1.165, 1.54) is 20.3 Å². The van der Waals surface area contributed by atoms with Gasteiger partial charge in [-0.05, 0) is 18.2 Å². The fourth-order valence-electron chi connectivity index (χ4n) is 1.30. The molecule has 0 unspecified atom stereocenters. The number of aliphatic imine (C=N–C) groups is 1. The minimum absolute atomic E-state index is 0.0984. The number of benzene rings is 1. The average Bonchev–Trinajstić information content (AvgIpc) is 2.39. The molecule has 5 N–H and O–H groups in total. The highest BCUT2D eigenvalue weighted by molar-refractivity contribution is 6.01. The maximum atomic E-state index is 6.92. The van der Waals surface area contributed by atoms with Gasteiger partial charge in [0, 0.05) is 6.21 Å². The fourth-order valence-corrected chi connectivity index (χ4v) is 1.30. The molecule has 1 aromatic rings. The molecule has 0 fully saturated rings. The standard InChI is InChI=1S/C12H16N4O2/c1-17-9-4-3-5-10(18-2)11(9)16-12(15)8(14)6-7-13/h3-7,13H,14H2,1-2H3,(H2,15,16). The zero-order valence-electron chi connectivity index (χ0n) is 10.3. The number of rotatable bonds is 5. The van der Waals surface area contributed by atoms with Gasteiger partial charge in [0.1, 0.15) is 23.0 Å². The van der Waals surface area contributed by atoms with Crippen LogP contribution >= 0.6 is 0 Å². The van der Waals surface area contributed by atoms with Crippen molar-refractivity contribution in [3.05, 3.63) is 30.0 Å². The summed E-state index contributed by atoms with van der Waals surface area (Å²) in [5, 5.41) is 6.92. The summed E-state index contributed by atoms with van der Waals surface area (Å²) in [7, 11) is 3.06. The normalized spacial score (nSPS) is 12.1. The van der Waals surface area contributed by atoms with Gasteiger partial charge in [-0.2, -0.15) is 0 Å². The van der Waals surface area contributed by atoms with Crippen molar-refractivity contribution in [2.24, 2.45) is 16.5 Å². The van der Waals surface area contributed by atoms with Gasteiger partial charge < -0.3 is 26.4 Å². The topological polar surface area (TPSA) is 107 Å². The van der Waals surface area contributed by atoms with Crippen molar-refractivity contribution in [2.45, 2.75) is 0 Å². The zero-order valence-corrected chi connectivity index (χ0v) is 10.3. The number of nitrogens with two attached hydrogens (primary N) is 2. The van der Waals surface area contributed by atoms with Crippen LogP contribution in [0.5, 0.6) is 11.5 Å². The van der Waals surface area contributed by atoms with E-state index in [0.717, 1.165) is 6.21 Å². The molecule has 1 aromatic carbocycles. The van der Waals surface area contributed by atoms with Crippen molar-refractivity contribution >= 4 is 17.7 Å². The van der Waals surface area contributed by atoms with Crippen molar-refractivity contribution in [2.75, 3.05) is 14.2 Å². The predicted octanol–water partition coefficient (Wildman–Crippen LogP) is 1.18. The van der Waals surface area contributed by atoms with Gasteiger partial charge in [0.25, 0.3) is 0 Å². The summed E-state index contributed by atoms with van der Waals surface area (Å²) >= 11 is 0. The number of ether oxygens (including phenoxy) is 2. The van der Waals surface area contributed by atoms with Gasteiger partial charge in [0.15, 0.2) is 0 Å². The smallest absolute Gasteiger partial charge is 0.149 e. The van der Waals surface area contributed by atoms with E-state index >= 15 is 0 Å². The molecule has 0 aromatic heterocycles. The number of allylic oxidation sites excluding steroid dienone is 1. The lowest BCUT2D eigenvalue weighted by Crippen LogP contribution is -2.20. The maximum absolute atomic E-state index is 6.92. The first-order valence-electron chi connectivity index (χ1n) is 5.15. The lowest BCUT2D eigenvalue weighted by atomic mass is 10.2. The van der Waals surface area contributed by atoms with Crippen LogP contribution in [0.4, 0.5) is 5.69 Å². The Labute approximate surface area is 105 Å². The summed E-state index contributed by atoms with van der Waals surface area (Å²) in [5.74, 6) is 1.15. The van der Waals surface area contributed by atoms with Crippen LogP contribution in [0.15, 0.2) is 35.0 Å². The van der Waals surface area contributed by atoms with Crippen molar-refractivity contribution in [1.29, 1.82) is 5.41 Å². The number of hydrogen-bond donors (Lipinski definition) is 3. The van der Waals surface area contributed by atoms with Crippen LogP contribution in [0.3, 0.4) is 0 Å². The van der Waals surface area contributed by atoms with E-state index in [1.807, 2.05) is 0 Å². The molecule has 0 bridgehead atoms. The van der Waals surface area contributed by atoms with Crippen molar-refractivity contribution in [1.82, 2.24) is 0 Å². The third-order valence-electron chi connectivity index (χ3n) is 2.19. The summed E-state index contributed by atoms with van der Waals surface area (Å²) in [6, 6.07) is 5.26. The molecule has 0 heterocycles. The molecule has 0 amide bonds. The molecule has 0 radical (unpaired) electrons. The minimum Gasteiger partial charge on any atom is -0.494 e. The van der Waals surface area contributed by atoms with Crippen LogP contribution in [0.1, 0.15) is 0 Å². The average molecular weight is 248 g/mol. The minimum atomic E-state index is 0.0984. The number of nitrogens with one attached hydrogen (secondary N) is 1. The van der Waals surface area contributed by atoms with E-state index in [0.29, 0.717) is 17.2 Å². The number of nitrogens with zero attached hydrogens (tertiary/aromatic N) is 1. The van der Waals surface area contributed by atoms with Gasteiger partial charge in [-0.25, -0.2) is 4.99 Å². The number of methoxy groups -OCH3 is 2. The van der Waals surface area contributed by atoms with Crippen LogP contribution in [-0.4, -0.2) is 26.3 Å². The molecule has 0 aliphatic rings. The first kappa shape index (κ1) is 13.6. The Morgan fingerprint density at radius 3 is 2.22 bits per heavy atom. The second kappa shape index (κ2) is 6.29. The van der Waals surface area contributed by atoms with Gasteiger partial charge in [0.05, 0.1) is 19.9 Å². The molecule has 96 valence electrons. The first-order chi connectivity index (χ1) is 8.63. The van der Waals surface area contributed by atoms with E-state index in [4.69, 9.17) is 26.4 Å². The second-order valence-corrected chi connectivity index (χ2v) is 3.30. The van der Waals surface area contributed by atoms with Gasteiger partial charge in [-0.3, -0.25) is 0 Å². The Morgan fingerprint density at radius 1 is 1.22 bits per heavy atom. The van der Waals surface area contributed by atoms with E-state index in [9.17, 15) is 0 Å². The molecule has 0 spiro atoms. The molecule has 1 rings (SSSR count). The van der Waals surface area contributed by atoms with Gasteiger partial charge in [-0.1, -0.05) is 6.07 Å². The molecule has 6 heteroatoms. The molecule has 0 aliphatic carbocycles. The lowest BCUT2D eigenvalue weighted by Gasteiger charge is -2.10. The SMILES string of the molecule is COc1cccc(OC)c1N=C(N)C(N)=CC=N. The highest BCUT2D eigenvalue weighted by Crippen LogP contribution is 2.36. The Balaban J connectivity index is 3.28. The van der Waals surface area contributed by atoms with Crippen LogP contribution in [0.25, 0.3) is 0 Å². The van der Waals surface area contributed by atoms with E-state index in [1.54, 1.807) is 18.2 Å². The molecular formula is C12H16N4O2. The molecule has 0 saturated carbocycles. The Bertz CT molecular complexity index is 473. The highest BCUT2D eigenvalue weighted by atomic mass is 16.5. The van der Waals surface area contributed by atoms with Crippen molar-refractivity contribution in [3.8, 4) is 11.5 Å². The molecule has 18 heavy (non-hydrogen) atoms. The number of hydrogen-bond acceptors (Lipinski definition) is 5. The van der Waals surface area contributed by atoms with Crippen LogP contribution in [0.2, 0.25) is 0 Å². The van der Waals surface area contributed by atoms with Crippen LogP contribution < -0.4 is 20.9 Å². The molecule has 0 aliphatic heterocycles.